The summed E-state index contributed by atoms with van der Waals surface area (Å²) in [5.41, 5.74) is 0.451. The molecule has 0 aliphatic heterocycles. The van der Waals surface area contributed by atoms with E-state index >= 15 is 0 Å². The monoisotopic (exact) mass is 381 g/mol. The number of hydrogen-bond acceptors (Lipinski definition) is 3. The topological polar surface area (TPSA) is 55.2 Å². The minimum Gasteiger partial charge on any atom is -0.339 e. The summed E-state index contributed by atoms with van der Waals surface area (Å²) in [6.45, 7) is 5.09. The van der Waals surface area contributed by atoms with Crippen LogP contribution in [0.5, 0.6) is 0 Å². The summed E-state index contributed by atoms with van der Waals surface area (Å²) in [4.78, 5) is 32.2. The summed E-state index contributed by atoms with van der Waals surface area (Å²) in [6.07, 6.45) is 3.42. The van der Waals surface area contributed by atoms with Crippen LogP contribution in [0.2, 0.25) is 0 Å². The molecule has 5 nitrogen and oxygen atoms in total. The molecule has 3 rings (SSSR count). The minimum atomic E-state index is -0.450. The van der Waals surface area contributed by atoms with Gasteiger partial charge in [0.1, 0.15) is 17.0 Å². The molecule has 0 aliphatic rings. The summed E-state index contributed by atoms with van der Waals surface area (Å²) in [6, 6.07) is 11.5. The second-order valence-electron chi connectivity index (χ2n) is 6.70. The zero-order valence-electron chi connectivity index (χ0n) is 16.2. The first-order chi connectivity index (χ1) is 13.6. The van der Waals surface area contributed by atoms with Gasteiger partial charge < -0.3 is 4.90 Å². The Morgan fingerprint density at radius 2 is 1.96 bits per heavy atom. The van der Waals surface area contributed by atoms with Gasteiger partial charge in [0.05, 0.1) is 6.54 Å². The number of nitrogens with zero attached hydrogens (tertiary/aromatic N) is 3. The fraction of sp³-hybridized carbons (Fsp3) is 0.318. The highest BCUT2D eigenvalue weighted by Gasteiger charge is 2.21. The van der Waals surface area contributed by atoms with Crippen LogP contribution >= 0.6 is 0 Å². The van der Waals surface area contributed by atoms with Gasteiger partial charge in [0.15, 0.2) is 0 Å². The molecule has 0 unspecified atom stereocenters. The van der Waals surface area contributed by atoms with E-state index in [4.69, 9.17) is 0 Å². The van der Waals surface area contributed by atoms with E-state index in [1.54, 1.807) is 47.5 Å². The number of rotatable bonds is 7. The van der Waals surface area contributed by atoms with Crippen LogP contribution in [0.25, 0.3) is 11.0 Å². The Labute approximate surface area is 163 Å². The van der Waals surface area contributed by atoms with Gasteiger partial charge in [0, 0.05) is 30.2 Å². The maximum atomic E-state index is 14.2. The van der Waals surface area contributed by atoms with Crippen molar-refractivity contribution in [3.8, 4) is 0 Å². The molecule has 0 aliphatic carbocycles. The summed E-state index contributed by atoms with van der Waals surface area (Å²) < 4.78 is 15.6. The van der Waals surface area contributed by atoms with Gasteiger partial charge in [0.2, 0.25) is 0 Å². The van der Waals surface area contributed by atoms with E-state index in [0.29, 0.717) is 29.7 Å². The van der Waals surface area contributed by atoms with E-state index in [-0.39, 0.29) is 18.0 Å². The number of carbonyl (C=O) groups excluding carboxylic acids is 1. The maximum absolute atomic E-state index is 14.2. The number of fused-ring (bicyclic) bond motifs is 1. The Hall–Kier alpha value is -3.02. The van der Waals surface area contributed by atoms with Crippen molar-refractivity contribution in [1.29, 1.82) is 0 Å². The van der Waals surface area contributed by atoms with Gasteiger partial charge in [-0.2, -0.15) is 0 Å². The zero-order chi connectivity index (χ0) is 20.1. The predicted molar refractivity (Wildman–Crippen MR) is 108 cm³/mol. The molecule has 2 aromatic heterocycles. The van der Waals surface area contributed by atoms with Crippen LogP contribution in [0.1, 0.15) is 42.6 Å². The Kier molecular flexibility index (Phi) is 6.19. The van der Waals surface area contributed by atoms with Crippen molar-refractivity contribution >= 4 is 16.9 Å². The fourth-order valence-electron chi connectivity index (χ4n) is 3.23. The van der Waals surface area contributed by atoms with Crippen LogP contribution in [0.15, 0.2) is 53.5 Å². The molecule has 1 aromatic carbocycles. The molecule has 6 heteroatoms. The van der Waals surface area contributed by atoms with Crippen LogP contribution in [-0.4, -0.2) is 33.4 Å². The summed E-state index contributed by atoms with van der Waals surface area (Å²) in [5.74, 6) is -0.692. The molecule has 0 spiro atoms. The number of unbranched alkanes of at least 4 members (excludes halogenated alkanes) is 1. The molecule has 0 atom stereocenters. The number of benzene rings is 1. The van der Waals surface area contributed by atoms with Crippen LogP contribution in [0.4, 0.5) is 4.39 Å². The molecular formula is C22H24FN3O2. The first-order valence-electron chi connectivity index (χ1n) is 9.58. The van der Waals surface area contributed by atoms with E-state index in [2.05, 4.69) is 11.9 Å². The van der Waals surface area contributed by atoms with Crippen LogP contribution in [0.3, 0.4) is 0 Å². The van der Waals surface area contributed by atoms with Crippen molar-refractivity contribution in [1.82, 2.24) is 14.5 Å². The largest absolute Gasteiger partial charge is 0.339 e. The molecule has 0 radical (unpaired) electrons. The molecule has 0 N–H and O–H groups in total. The van der Waals surface area contributed by atoms with Gasteiger partial charge in [-0.25, -0.2) is 9.37 Å². The smallest absolute Gasteiger partial charge is 0.265 e. The van der Waals surface area contributed by atoms with Gasteiger partial charge in [0.25, 0.3) is 11.5 Å². The lowest BCUT2D eigenvalue weighted by Crippen LogP contribution is -2.37. The summed E-state index contributed by atoms with van der Waals surface area (Å²) in [7, 11) is 0. The fourth-order valence-corrected chi connectivity index (χ4v) is 3.23. The van der Waals surface area contributed by atoms with Gasteiger partial charge in [-0.15, -0.1) is 0 Å². The number of carbonyl (C=O) groups is 1. The van der Waals surface area contributed by atoms with Crippen LogP contribution in [0, 0.1) is 5.82 Å². The van der Waals surface area contributed by atoms with E-state index < -0.39 is 11.4 Å². The summed E-state index contributed by atoms with van der Waals surface area (Å²) >= 11 is 0. The standard InChI is InChI=1S/C22H24FN3O2/c1-3-5-13-25(4-2)21(27)18-14-16-10-8-12-24-20(16)26(22(18)28)15-17-9-6-7-11-19(17)23/h6-12,14H,3-5,13,15H2,1-2H3. The second kappa shape index (κ2) is 8.78. The van der Waals surface area contributed by atoms with Crippen molar-refractivity contribution in [2.24, 2.45) is 0 Å². The maximum Gasteiger partial charge on any atom is 0.265 e. The predicted octanol–water partition coefficient (Wildman–Crippen LogP) is 3.85. The highest BCUT2D eigenvalue weighted by Crippen LogP contribution is 2.15. The van der Waals surface area contributed by atoms with Crippen molar-refractivity contribution in [2.45, 2.75) is 33.2 Å². The Morgan fingerprint density at radius 1 is 1.18 bits per heavy atom. The molecule has 28 heavy (non-hydrogen) atoms. The highest BCUT2D eigenvalue weighted by molar-refractivity contribution is 5.96. The molecule has 2 heterocycles. The molecule has 0 saturated heterocycles. The third kappa shape index (κ3) is 3.96. The lowest BCUT2D eigenvalue weighted by atomic mass is 10.1. The van der Waals surface area contributed by atoms with Crippen LogP contribution in [-0.2, 0) is 6.54 Å². The van der Waals surface area contributed by atoms with Gasteiger partial charge in [-0.05, 0) is 37.6 Å². The Balaban J connectivity index is 2.13. The van der Waals surface area contributed by atoms with Gasteiger partial charge >= 0.3 is 0 Å². The van der Waals surface area contributed by atoms with Crippen molar-refractivity contribution in [3.63, 3.8) is 0 Å². The first kappa shape index (κ1) is 19.7. The number of hydrogen-bond donors (Lipinski definition) is 0. The van der Waals surface area contributed by atoms with E-state index in [1.165, 1.54) is 10.6 Å². The normalized spacial score (nSPS) is 11.0. The Morgan fingerprint density at radius 3 is 2.68 bits per heavy atom. The molecule has 3 aromatic rings. The van der Waals surface area contributed by atoms with Crippen molar-refractivity contribution in [3.05, 3.63) is 76.0 Å². The first-order valence-corrected chi connectivity index (χ1v) is 9.58. The number of halogens is 1. The second-order valence-corrected chi connectivity index (χ2v) is 6.70. The zero-order valence-corrected chi connectivity index (χ0v) is 16.2. The third-order valence-corrected chi connectivity index (χ3v) is 4.82. The molecular weight excluding hydrogens is 357 g/mol. The van der Waals surface area contributed by atoms with Crippen LogP contribution < -0.4 is 5.56 Å². The average Bonchev–Trinajstić information content (AvgIpc) is 2.71. The quantitative estimate of drug-likeness (QED) is 0.625. The molecule has 0 bridgehead atoms. The number of aromatic nitrogens is 2. The number of amides is 1. The Bertz CT molecular complexity index is 1050. The lowest BCUT2D eigenvalue weighted by Gasteiger charge is -2.21. The van der Waals surface area contributed by atoms with E-state index in [0.717, 1.165) is 12.8 Å². The molecule has 0 saturated carbocycles. The highest BCUT2D eigenvalue weighted by atomic mass is 19.1. The molecule has 1 amide bonds. The lowest BCUT2D eigenvalue weighted by molar-refractivity contribution is 0.0760. The average molecular weight is 381 g/mol. The molecule has 0 fully saturated rings. The SMILES string of the molecule is CCCCN(CC)C(=O)c1cc2cccnc2n(Cc2ccccc2F)c1=O. The summed E-state index contributed by atoms with van der Waals surface area (Å²) in [5, 5.41) is 0.674. The third-order valence-electron chi connectivity index (χ3n) is 4.82. The molecule has 146 valence electrons. The van der Waals surface area contributed by atoms with E-state index in [9.17, 15) is 14.0 Å². The minimum absolute atomic E-state index is 0.0151. The van der Waals surface area contributed by atoms with Crippen molar-refractivity contribution in [2.75, 3.05) is 13.1 Å². The number of pyridine rings is 2. The van der Waals surface area contributed by atoms with Gasteiger partial charge in [-0.1, -0.05) is 31.5 Å². The van der Waals surface area contributed by atoms with E-state index in [1.807, 2.05) is 6.92 Å². The van der Waals surface area contributed by atoms with Crippen molar-refractivity contribution < 1.29 is 9.18 Å². The van der Waals surface area contributed by atoms with Gasteiger partial charge in [-0.3, -0.25) is 14.2 Å².